The average Bonchev–Trinajstić information content (AvgIpc) is 2.87. The molecule has 2 fully saturated rings. The molecule has 1 aliphatic heterocycles. The van der Waals surface area contributed by atoms with E-state index in [1.807, 2.05) is 0 Å². The van der Waals surface area contributed by atoms with Gasteiger partial charge in [0.15, 0.2) is 5.96 Å². The number of rotatable bonds is 3. The van der Waals surface area contributed by atoms with Crippen molar-refractivity contribution in [3.63, 3.8) is 0 Å². The fourth-order valence-corrected chi connectivity index (χ4v) is 3.60. The van der Waals surface area contributed by atoms with E-state index < -0.39 is 0 Å². The summed E-state index contributed by atoms with van der Waals surface area (Å²) in [6, 6.07) is 0.330. The van der Waals surface area contributed by atoms with Gasteiger partial charge in [0.05, 0.1) is 0 Å². The molecule has 1 saturated carbocycles. The fourth-order valence-electron chi connectivity index (χ4n) is 3.60. The Kier molecular flexibility index (Phi) is 8.10. The van der Waals surface area contributed by atoms with Crippen molar-refractivity contribution < 1.29 is 4.79 Å². The molecule has 0 aromatic heterocycles. The lowest BCUT2D eigenvalue weighted by Gasteiger charge is -2.34. The highest BCUT2D eigenvalue weighted by Crippen LogP contribution is 2.43. The number of carbonyl (C=O) groups is 1. The van der Waals surface area contributed by atoms with E-state index in [-0.39, 0.29) is 36.4 Å². The molecule has 1 spiro atoms. The molecule has 23 heavy (non-hydrogen) atoms. The summed E-state index contributed by atoms with van der Waals surface area (Å²) >= 11 is 0. The van der Waals surface area contributed by atoms with Gasteiger partial charge in [-0.2, -0.15) is 0 Å². The van der Waals surface area contributed by atoms with Gasteiger partial charge in [0.25, 0.3) is 0 Å². The van der Waals surface area contributed by atoms with Crippen LogP contribution < -0.4 is 5.32 Å². The second-order valence-electron chi connectivity index (χ2n) is 7.46. The standard InChI is InChI=1S/C17H32N4O.HI/c1-14(2)19-16(18-12-15(22)20(3)4)21-11-10-17(13-21)8-6-5-7-9-17;/h14H,5-13H2,1-4H3,(H,18,19);1H. The number of hydrogen-bond acceptors (Lipinski definition) is 2. The first-order valence-corrected chi connectivity index (χ1v) is 8.68. The van der Waals surface area contributed by atoms with Crippen LogP contribution in [-0.2, 0) is 4.79 Å². The third-order valence-corrected chi connectivity index (χ3v) is 4.93. The van der Waals surface area contributed by atoms with Crippen molar-refractivity contribution in [1.29, 1.82) is 0 Å². The smallest absolute Gasteiger partial charge is 0.243 e. The van der Waals surface area contributed by atoms with E-state index >= 15 is 0 Å². The molecule has 2 aliphatic rings. The SMILES string of the molecule is CC(C)NC(=NCC(=O)N(C)C)N1CCC2(CCCCC2)C1.I. The zero-order valence-corrected chi connectivity index (χ0v) is 17.4. The lowest BCUT2D eigenvalue weighted by Crippen LogP contribution is -2.45. The van der Waals surface area contributed by atoms with Crippen LogP contribution in [0.2, 0.25) is 0 Å². The molecular formula is C17H33IN4O. The first kappa shape index (κ1) is 20.5. The number of carbonyl (C=O) groups excluding carboxylic acids is 1. The van der Waals surface area contributed by atoms with Gasteiger partial charge in [-0.3, -0.25) is 4.79 Å². The summed E-state index contributed by atoms with van der Waals surface area (Å²) in [6.07, 6.45) is 8.12. The predicted molar refractivity (Wildman–Crippen MR) is 106 cm³/mol. The zero-order chi connectivity index (χ0) is 16.2. The van der Waals surface area contributed by atoms with Crippen LogP contribution in [0.5, 0.6) is 0 Å². The van der Waals surface area contributed by atoms with Crippen molar-refractivity contribution in [1.82, 2.24) is 15.1 Å². The highest BCUT2D eigenvalue weighted by Gasteiger charge is 2.39. The predicted octanol–water partition coefficient (Wildman–Crippen LogP) is 2.70. The number of guanidine groups is 1. The number of hydrogen-bond donors (Lipinski definition) is 1. The quantitative estimate of drug-likeness (QED) is 0.421. The van der Waals surface area contributed by atoms with Crippen LogP contribution in [0.25, 0.3) is 0 Å². The summed E-state index contributed by atoms with van der Waals surface area (Å²) in [4.78, 5) is 20.4. The van der Waals surface area contributed by atoms with Gasteiger partial charge in [-0.25, -0.2) is 4.99 Å². The molecule has 1 saturated heterocycles. The Morgan fingerprint density at radius 1 is 1.22 bits per heavy atom. The topological polar surface area (TPSA) is 47.9 Å². The van der Waals surface area contributed by atoms with E-state index in [9.17, 15) is 4.79 Å². The van der Waals surface area contributed by atoms with Crippen LogP contribution in [0, 0.1) is 5.41 Å². The third kappa shape index (κ3) is 5.80. The van der Waals surface area contributed by atoms with Gasteiger partial charge in [0.2, 0.25) is 5.91 Å². The highest BCUT2D eigenvalue weighted by molar-refractivity contribution is 14.0. The van der Waals surface area contributed by atoms with Crippen molar-refractivity contribution in [3.8, 4) is 0 Å². The van der Waals surface area contributed by atoms with Gasteiger partial charge < -0.3 is 15.1 Å². The Balaban J connectivity index is 0.00000264. The Hall–Kier alpha value is -0.530. The summed E-state index contributed by atoms with van der Waals surface area (Å²) in [5.41, 5.74) is 0.503. The van der Waals surface area contributed by atoms with E-state index in [1.165, 1.54) is 38.5 Å². The van der Waals surface area contributed by atoms with Crippen molar-refractivity contribution in [3.05, 3.63) is 0 Å². The maximum atomic E-state index is 11.8. The second kappa shape index (κ2) is 9.08. The van der Waals surface area contributed by atoms with Crippen LogP contribution in [0.15, 0.2) is 4.99 Å². The van der Waals surface area contributed by atoms with Crippen LogP contribution in [0.1, 0.15) is 52.4 Å². The van der Waals surface area contributed by atoms with E-state index in [0.717, 1.165) is 19.0 Å². The maximum absolute atomic E-state index is 11.8. The number of likely N-dealkylation sites (tertiary alicyclic amines) is 1. The molecule has 0 atom stereocenters. The molecule has 5 nitrogen and oxygen atoms in total. The largest absolute Gasteiger partial charge is 0.354 e. The summed E-state index contributed by atoms with van der Waals surface area (Å²) in [6.45, 7) is 6.63. The Morgan fingerprint density at radius 3 is 2.43 bits per heavy atom. The number of likely N-dealkylation sites (N-methyl/N-ethyl adjacent to an activating group) is 1. The third-order valence-electron chi connectivity index (χ3n) is 4.93. The number of halogens is 1. The Bertz CT molecular complexity index is 417. The number of nitrogens with zero attached hydrogens (tertiary/aromatic N) is 3. The zero-order valence-electron chi connectivity index (χ0n) is 15.1. The van der Waals surface area contributed by atoms with E-state index in [1.54, 1.807) is 19.0 Å². The minimum atomic E-state index is 0. The summed E-state index contributed by atoms with van der Waals surface area (Å²) < 4.78 is 0. The molecular weight excluding hydrogens is 403 g/mol. The lowest BCUT2D eigenvalue weighted by molar-refractivity contribution is -0.127. The minimum Gasteiger partial charge on any atom is -0.354 e. The molecule has 1 aliphatic carbocycles. The number of aliphatic imine (C=N–C) groups is 1. The van der Waals surface area contributed by atoms with Crippen molar-refractivity contribution in [2.24, 2.45) is 10.4 Å². The van der Waals surface area contributed by atoms with Gasteiger partial charge >= 0.3 is 0 Å². The maximum Gasteiger partial charge on any atom is 0.243 e. The van der Waals surface area contributed by atoms with Gasteiger partial charge in [-0.15, -0.1) is 24.0 Å². The van der Waals surface area contributed by atoms with Crippen molar-refractivity contribution in [2.45, 2.75) is 58.4 Å². The van der Waals surface area contributed by atoms with E-state index in [0.29, 0.717) is 11.5 Å². The molecule has 6 heteroatoms. The summed E-state index contributed by atoms with van der Waals surface area (Å²) in [5.74, 6) is 0.960. The molecule has 2 rings (SSSR count). The minimum absolute atomic E-state index is 0. The van der Waals surface area contributed by atoms with E-state index in [2.05, 4.69) is 29.1 Å². The Morgan fingerprint density at radius 2 is 1.87 bits per heavy atom. The normalized spacial score (nSPS) is 20.6. The molecule has 0 unspecified atom stereocenters. The molecule has 134 valence electrons. The van der Waals surface area contributed by atoms with E-state index in [4.69, 9.17) is 0 Å². The van der Waals surface area contributed by atoms with Gasteiger partial charge in [0, 0.05) is 33.2 Å². The van der Waals surface area contributed by atoms with Crippen LogP contribution >= 0.6 is 24.0 Å². The average molecular weight is 436 g/mol. The number of amides is 1. The van der Waals surface area contributed by atoms with Crippen LogP contribution in [0.3, 0.4) is 0 Å². The monoisotopic (exact) mass is 436 g/mol. The number of nitrogens with one attached hydrogen (secondary N) is 1. The van der Waals surface area contributed by atoms with Crippen molar-refractivity contribution in [2.75, 3.05) is 33.7 Å². The molecule has 1 amide bonds. The molecule has 0 radical (unpaired) electrons. The molecule has 1 N–H and O–H groups in total. The first-order chi connectivity index (χ1) is 10.4. The molecule has 1 heterocycles. The molecule has 0 aromatic carbocycles. The molecule has 0 aromatic rings. The van der Waals surface area contributed by atoms with Crippen LogP contribution in [0.4, 0.5) is 0 Å². The highest BCUT2D eigenvalue weighted by atomic mass is 127. The lowest BCUT2D eigenvalue weighted by atomic mass is 9.73. The summed E-state index contributed by atoms with van der Waals surface area (Å²) in [5, 5.41) is 3.44. The van der Waals surface area contributed by atoms with Crippen LogP contribution in [-0.4, -0.2) is 61.4 Å². The first-order valence-electron chi connectivity index (χ1n) is 8.68. The van der Waals surface area contributed by atoms with Gasteiger partial charge in [-0.05, 0) is 38.5 Å². The Labute approximate surface area is 158 Å². The second-order valence-corrected chi connectivity index (χ2v) is 7.46. The fraction of sp³-hybridized carbons (Fsp3) is 0.882. The van der Waals surface area contributed by atoms with Gasteiger partial charge in [0.1, 0.15) is 6.54 Å². The van der Waals surface area contributed by atoms with Crippen molar-refractivity contribution >= 4 is 35.8 Å². The molecule has 0 bridgehead atoms. The van der Waals surface area contributed by atoms with Gasteiger partial charge in [-0.1, -0.05) is 19.3 Å². The summed E-state index contributed by atoms with van der Waals surface area (Å²) in [7, 11) is 3.56.